The number of thioether (sulfide) groups is 1. The van der Waals surface area contributed by atoms with E-state index in [0.717, 1.165) is 11.3 Å². The molecule has 0 aliphatic heterocycles. The molecule has 0 aromatic heterocycles. The normalized spacial score (nSPS) is 9.93. The van der Waals surface area contributed by atoms with E-state index < -0.39 is 0 Å². The molecular weight excluding hydrogens is 222 g/mol. The molecule has 0 saturated carbocycles. The van der Waals surface area contributed by atoms with Gasteiger partial charge in [-0.1, -0.05) is 11.6 Å². The lowest BCUT2D eigenvalue weighted by Crippen LogP contribution is -1.98. The molecule has 0 N–H and O–H groups in total. The van der Waals surface area contributed by atoms with Crippen molar-refractivity contribution in [2.45, 2.75) is 5.75 Å². The summed E-state index contributed by atoms with van der Waals surface area (Å²) in [5.74, 6) is 0.825. The largest absolute Gasteiger partial charge is 0.318 e. The lowest BCUT2D eigenvalue weighted by Gasteiger charge is -1.98. The van der Waals surface area contributed by atoms with Crippen molar-refractivity contribution >= 4 is 29.1 Å². The van der Waals surface area contributed by atoms with Crippen molar-refractivity contribution in [3.05, 3.63) is 33.7 Å². The van der Waals surface area contributed by atoms with Crippen molar-refractivity contribution in [3.8, 4) is 0 Å². The minimum Gasteiger partial charge on any atom is -0.230 e. The Morgan fingerprint density at radius 2 is 2.21 bits per heavy atom. The fraction of sp³-hybridized carbons (Fsp3) is 0.333. The van der Waals surface area contributed by atoms with Gasteiger partial charge < -0.3 is 0 Å². The molecule has 0 fully saturated rings. The Bertz CT molecular complexity index is 344. The Morgan fingerprint density at radius 1 is 1.50 bits per heavy atom. The van der Waals surface area contributed by atoms with Gasteiger partial charge in [-0.25, -0.2) is 4.84 Å². The highest BCUT2D eigenvalue weighted by atomic mass is 35.5. The first-order chi connectivity index (χ1) is 6.67. The number of benzene rings is 1. The third kappa shape index (κ3) is 2.89. The molecule has 0 amide bonds. The molecule has 5 heteroatoms. The fourth-order valence-electron chi connectivity index (χ4n) is 1.09. The number of hydrogen-bond acceptors (Lipinski definition) is 3. The maximum absolute atomic E-state index is 11.2. The third-order valence-corrected chi connectivity index (χ3v) is 2.47. The van der Waals surface area contributed by atoms with Gasteiger partial charge in [0, 0.05) is 22.9 Å². The SMILES string of the molecule is CO[N+](=O)c1cc(Cl)cc(CSC)c1. The zero-order valence-electron chi connectivity index (χ0n) is 7.99. The molecule has 1 aromatic rings. The van der Waals surface area contributed by atoms with E-state index in [4.69, 9.17) is 11.6 Å². The van der Waals surface area contributed by atoms with Crippen molar-refractivity contribution < 1.29 is 9.76 Å². The number of halogens is 1. The van der Waals surface area contributed by atoms with Crippen LogP contribution >= 0.6 is 23.4 Å². The van der Waals surface area contributed by atoms with E-state index in [2.05, 4.69) is 4.84 Å². The van der Waals surface area contributed by atoms with Gasteiger partial charge in [0.15, 0.2) is 7.11 Å². The summed E-state index contributed by atoms with van der Waals surface area (Å²) in [5, 5.41) is 0.546. The van der Waals surface area contributed by atoms with E-state index >= 15 is 0 Å². The summed E-state index contributed by atoms with van der Waals surface area (Å²) < 4.78 is 0. The van der Waals surface area contributed by atoms with Crippen LogP contribution in [0.25, 0.3) is 0 Å². The molecule has 0 spiro atoms. The molecule has 1 aromatic carbocycles. The van der Waals surface area contributed by atoms with Crippen molar-refractivity contribution in [1.29, 1.82) is 0 Å². The molecule has 0 atom stereocenters. The van der Waals surface area contributed by atoms with Gasteiger partial charge in [-0.05, 0) is 17.9 Å². The molecule has 0 saturated heterocycles. The molecule has 0 bridgehead atoms. The zero-order valence-corrected chi connectivity index (χ0v) is 9.56. The Labute approximate surface area is 91.9 Å². The van der Waals surface area contributed by atoms with Gasteiger partial charge in [-0.15, -0.1) is 0 Å². The molecule has 76 valence electrons. The van der Waals surface area contributed by atoms with E-state index in [-0.39, 0.29) is 0 Å². The van der Waals surface area contributed by atoms with E-state index in [1.807, 2.05) is 12.3 Å². The average Bonchev–Trinajstić information content (AvgIpc) is 2.16. The van der Waals surface area contributed by atoms with Gasteiger partial charge in [0.1, 0.15) is 0 Å². The van der Waals surface area contributed by atoms with Gasteiger partial charge in [0.25, 0.3) is 4.92 Å². The first-order valence-corrected chi connectivity index (χ1v) is 5.74. The summed E-state index contributed by atoms with van der Waals surface area (Å²) in [6.45, 7) is 0. The number of hydrogen-bond donors (Lipinski definition) is 0. The Morgan fingerprint density at radius 3 is 2.79 bits per heavy atom. The van der Waals surface area contributed by atoms with Crippen LogP contribution in [0.1, 0.15) is 5.56 Å². The second kappa shape index (κ2) is 5.22. The summed E-state index contributed by atoms with van der Waals surface area (Å²) in [6.07, 6.45) is 1.99. The molecule has 1 rings (SSSR count). The highest BCUT2D eigenvalue weighted by Crippen LogP contribution is 2.23. The predicted molar refractivity (Wildman–Crippen MR) is 59.0 cm³/mol. The first-order valence-electron chi connectivity index (χ1n) is 3.97. The van der Waals surface area contributed by atoms with E-state index in [1.54, 1.807) is 23.9 Å². The summed E-state index contributed by atoms with van der Waals surface area (Å²) in [4.78, 5) is 16.1. The van der Waals surface area contributed by atoms with Crippen LogP contribution in [0, 0.1) is 4.91 Å². The second-order valence-corrected chi connectivity index (χ2v) is 3.99. The van der Waals surface area contributed by atoms with E-state index in [0.29, 0.717) is 15.6 Å². The van der Waals surface area contributed by atoms with Crippen LogP contribution in [0.5, 0.6) is 0 Å². The molecular formula is C9H11ClNO2S+. The third-order valence-electron chi connectivity index (χ3n) is 1.63. The highest BCUT2D eigenvalue weighted by Gasteiger charge is 2.15. The second-order valence-electron chi connectivity index (χ2n) is 2.69. The standard InChI is InChI=1S/C9H11ClNO2S/c1-13-11(12)9-4-7(6-14-2)3-8(10)5-9/h3-5H,6H2,1-2H3/q+1. The maximum atomic E-state index is 11.2. The quantitative estimate of drug-likeness (QED) is 0.747. The van der Waals surface area contributed by atoms with Crippen molar-refractivity contribution in [2.24, 2.45) is 0 Å². The molecule has 14 heavy (non-hydrogen) atoms. The lowest BCUT2D eigenvalue weighted by molar-refractivity contribution is -0.736. The zero-order chi connectivity index (χ0) is 10.6. The first kappa shape index (κ1) is 11.3. The fourth-order valence-corrected chi connectivity index (χ4v) is 1.85. The predicted octanol–water partition coefficient (Wildman–Crippen LogP) is 3.17. The van der Waals surface area contributed by atoms with E-state index in [9.17, 15) is 4.91 Å². The maximum Gasteiger partial charge on any atom is 0.318 e. The topological polar surface area (TPSA) is 29.3 Å². The van der Waals surface area contributed by atoms with Crippen LogP contribution < -0.4 is 0 Å². The van der Waals surface area contributed by atoms with Gasteiger partial charge in [-0.3, -0.25) is 0 Å². The molecule has 0 aliphatic rings. The van der Waals surface area contributed by atoms with Crippen LogP contribution in [0.15, 0.2) is 18.2 Å². The molecule has 0 heterocycles. The van der Waals surface area contributed by atoms with E-state index in [1.165, 1.54) is 7.11 Å². The van der Waals surface area contributed by atoms with Gasteiger partial charge in [0.05, 0.1) is 4.91 Å². The van der Waals surface area contributed by atoms with Crippen molar-refractivity contribution in [2.75, 3.05) is 13.4 Å². The van der Waals surface area contributed by atoms with Crippen LogP contribution in [0.2, 0.25) is 5.02 Å². The molecule has 0 aliphatic carbocycles. The average molecular weight is 233 g/mol. The van der Waals surface area contributed by atoms with Crippen molar-refractivity contribution in [3.63, 3.8) is 0 Å². The molecule has 0 radical (unpaired) electrons. The summed E-state index contributed by atoms with van der Waals surface area (Å²) in [7, 11) is 1.32. The number of rotatable bonds is 4. The smallest absolute Gasteiger partial charge is 0.230 e. The van der Waals surface area contributed by atoms with Crippen LogP contribution in [0.3, 0.4) is 0 Å². The highest BCUT2D eigenvalue weighted by molar-refractivity contribution is 7.97. The monoisotopic (exact) mass is 232 g/mol. The van der Waals surface area contributed by atoms with Crippen LogP contribution in [-0.2, 0) is 10.6 Å². The number of nitrogens with zero attached hydrogens (tertiary/aromatic N) is 1. The Hall–Kier alpha value is -0.740. The Balaban J connectivity index is 3.00. The minimum absolute atomic E-state index is 0.420. The van der Waals surface area contributed by atoms with Gasteiger partial charge >= 0.3 is 5.69 Å². The van der Waals surface area contributed by atoms with Gasteiger partial charge in [0.2, 0.25) is 0 Å². The summed E-state index contributed by atoms with van der Waals surface area (Å²) in [6, 6.07) is 5.17. The minimum atomic E-state index is 0.420. The molecule has 0 unspecified atom stereocenters. The summed E-state index contributed by atoms with van der Waals surface area (Å²) in [5.41, 5.74) is 1.43. The van der Waals surface area contributed by atoms with Crippen LogP contribution in [0.4, 0.5) is 5.69 Å². The van der Waals surface area contributed by atoms with Gasteiger partial charge in [-0.2, -0.15) is 11.8 Å². The Kier molecular flexibility index (Phi) is 4.22. The summed E-state index contributed by atoms with van der Waals surface area (Å²) >= 11 is 7.53. The lowest BCUT2D eigenvalue weighted by atomic mass is 10.2. The van der Waals surface area contributed by atoms with Crippen molar-refractivity contribution in [1.82, 2.24) is 0 Å². The molecule has 3 nitrogen and oxygen atoms in total. The van der Waals surface area contributed by atoms with Crippen LogP contribution in [-0.4, -0.2) is 18.3 Å².